The second-order valence-corrected chi connectivity index (χ2v) is 11.0. The molecule has 1 amide bonds. The van der Waals surface area contributed by atoms with Gasteiger partial charge in [-0.3, -0.25) is 4.79 Å². The molecule has 0 N–H and O–H groups in total. The Bertz CT molecular complexity index is 1270. The van der Waals surface area contributed by atoms with Crippen LogP contribution in [0.5, 0.6) is 0 Å². The summed E-state index contributed by atoms with van der Waals surface area (Å²) in [5, 5.41) is 2.00. The van der Waals surface area contributed by atoms with Crippen LogP contribution in [-0.4, -0.2) is 56.4 Å². The van der Waals surface area contributed by atoms with Crippen LogP contribution in [0.1, 0.15) is 32.4 Å². The number of benzene rings is 2. The number of ether oxygens (including phenoxy) is 1. The number of carbonyl (C=O) groups is 1. The van der Waals surface area contributed by atoms with Crippen LogP contribution in [0.15, 0.2) is 64.9 Å². The van der Waals surface area contributed by atoms with E-state index < -0.39 is 21.7 Å². The van der Waals surface area contributed by atoms with Gasteiger partial charge in [0, 0.05) is 24.5 Å². The largest absolute Gasteiger partial charge is 0.379 e. The lowest BCUT2D eigenvalue weighted by atomic mass is 9.92. The van der Waals surface area contributed by atoms with Crippen molar-refractivity contribution in [2.75, 3.05) is 32.8 Å². The zero-order valence-electron chi connectivity index (χ0n) is 17.8. The van der Waals surface area contributed by atoms with Gasteiger partial charge in [-0.05, 0) is 47.2 Å². The Morgan fingerprint density at radius 3 is 2.55 bits per heavy atom. The molecule has 2 aliphatic heterocycles. The van der Waals surface area contributed by atoms with E-state index in [1.54, 1.807) is 16.2 Å². The predicted octanol–water partition coefficient (Wildman–Crippen LogP) is 3.70. The maximum absolute atomic E-state index is 14.9. The van der Waals surface area contributed by atoms with Crippen LogP contribution >= 0.6 is 11.3 Å². The van der Waals surface area contributed by atoms with E-state index in [0.717, 1.165) is 17.2 Å². The van der Waals surface area contributed by atoms with Crippen LogP contribution in [-0.2, 0) is 21.2 Å². The van der Waals surface area contributed by atoms with Gasteiger partial charge in [-0.1, -0.05) is 30.3 Å². The van der Waals surface area contributed by atoms with Crippen LogP contribution in [0.4, 0.5) is 4.39 Å². The summed E-state index contributed by atoms with van der Waals surface area (Å²) in [6.45, 7) is 1.49. The fourth-order valence-corrected chi connectivity index (χ4v) is 6.79. The topological polar surface area (TPSA) is 66.9 Å². The summed E-state index contributed by atoms with van der Waals surface area (Å²) in [5.74, 6) is -1.25. The summed E-state index contributed by atoms with van der Waals surface area (Å²) in [7, 11) is -3.85. The summed E-state index contributed by atoms with van der Waals surface area (Å²) >= 11 is 1.65. The van der Waals surface area contributed by atoms with Gasteiger partial charge in [0.05, 0.1) is 29.7 Å². The molecule has 2 aliphatic rings. The van der Waals surface area contributed by atoms with Gasteiger partial charge in [-0.25, -0.2) is 12.8 Å². The number of rotatable bonds is 4. The van der Waals surface area contributed by atoms with E-state index in [1.807, 2.05) is 41.8 Å². The fourth-order valence-electron chi connectivity index (χ4n) is 4.45. The van der Waals surface area contributed by atoms with Crippen molar-refractivity contribution in [2.45, 2.75) is 17.4 Å². The second-order valence-electron chi connectivity index (χ2n) is 8.02. The van der Waals surface area contributed by atoms with Crippen molar-refractivity contribution in [1.82, 2.24) is 9.21 Å². The van der Waals surface area contributed by atoms with Crippen molar-refractivity contribution in [3.63, 3.8) is 0 Å². The maximum atomic E-state index is 14.9. The Morgan fingerprint density at radius 1 is 1.03 bits per heavy atom. The highest BCUT2D eigenvalue weighted by atomic mass is 32.2. The molecule has 9 heteroatoms. The smallest absolute Gasteiger partial charge is 0.257 e. The van der Waals surface area contributed by atoms with Gasteiger partial charge >= 0.3 is 0 Å². The molecule has 0 radical (unpaired) electrons. The van der Waals surface area contributed by atoms with Gasteiger partial charge in [0.1, 0.15) is 5.82 Å². The van der Waals surface area contributed by atoms with Crippen molar-refractivity contribution >= 4 is 27.3 Å². The molecule has 33 heavy (non-hydrogen) atoms. The number of nitrogens with zero attached hydrogens (tertiary/aromatic N) is 2. The SMILES string of the molecule is O=C(c1cc(S(=O)(=O)N2CCOCC2)ccc1F)N1CCc2sccc2C1c1ccccc1. The number of thiophene rings is 1. The van der Waals surface area contributed by atoms with Crippen LogP contribution in [0.2, 0.25) is 0 Å². The maximum Gasteiger partial charge on any atom is 0.257 e. The first-order chi connectivity index (χ1) is 16.0. The fraction of sp³-hybridized carbons (Fsp3) is 0.292. The molecule has 1 atom stereocenters. The van der Waals surface area contributed by atoms with Crippen LogP contribution in [0.3, 0.4) is 0 Å². The standard InChI is InChI=1S/C24H23FN2O4S2/c25-21-7-6-18(33(29,30)26-11-13-31-14-12-26)16-20(21)24(28)27-10-8-22-19(9-15-32-22)23(27)17-4-2-1-3-5-17/h1-7,9,15-16,23H,8,10-14H2. The normalized spacial score (nSPS) is 19.3. The first kappa shape index (κ1) is 22.2. The minimum Gasteiger partial charge on any atom is -0.379 e. The van der Waals surface area contributed by atoms with Crippen molar-refractivity contribution in [3.8, 4) is 0 Å². The third-order valence-electron chi connectivity index (χ3n) is 6.12. The number of morpholine rings is 1. The Hall–Kier alpha value is -2.59. The van der Waals surface area contributed by atoms with E-state index >= 15 is 0 Å². The third-order valence-corrected chi connectivity index (χ3v) is 9.01. The molecule has 0 bridgehead atoms. The van der Waals surface area contributed by atoms with Gasteiger partial charge in [0.15, 0.2) is 0 Å². The number of amides is 1. The highest BCUT2D eigenvalue weighted by molar-refractivity contribution is 7.89. The lowest BCUT2D eigenvalue weighted by Crippen LogP contribution is -2.41. The van der Waals surface area contributed by atoms with Crippen molar-refractivity contribution in [1.29, 1.82) is 0 Å². The number of carbonyl (C=O) groups excluding carboxylic acids is 1. The Balaban J connectivity index is 1.53. The average molecular weight is 487 g/mol. The molecule has 3 heterocycles. The van der Waals surface area contributed by atoms with E-state index in [4.69, 9.17) is 4.74 Å². The van der Waals surface area contributed by atoms with E-state index in [-0.39, 0.29) is 29.6 Å². The van der Waals surface area contributed by atoms with Gasteiger partial charge in [-0.15, -0.1) is 11.3 Å². The lowest BCUT2D eigenvalue weighted by molar-refractivity contribution is 0.0690. The van der Waals surface area contributed by atoms with Gasteiger partial charge in [0.25, 0.3) is 5.91 Å². The van der Waals surface area contributed by atoms with Gasteiger partial charge in [0.2, 0.25) is 10.0 Å². The average Bonchev–Trinajstić information content (AvgIpc) is 3.33. The number of hydrogen-bond acceptors (Lipinski definition) is 5. The van der Waals surface area contributed by atoms with E-state index in [2.05, 4.69) is 0 Å². The molecule has 1 saturated heterocycles. The number of halogens is 1. The zero-order valence-corrected chi connectivity index (χ0v) is 19.4. The first-order valence-corrected chi connectivity index (χ1v) is 13.1. The summed E-state index contributed by atoms with van der Waals surface area (Å²) < 4.78 is 47.6. The predicted molar refractivity (Wildman–Crippen MR) is 123 cm³/mol. The van der Waals surface area contributed by atoms with Crippen LogP contribution in [0.25, 0.3) is 0 Å². The van der Waals surface area contributed by atoms with Gasteiger partial charge < -0.3 is 9.64 Å². The monoisotopic (exact) mass is 486 g/mol. The zero-order chi connectivity index (χ0) is 23.0. The molecule has 0 aliphatic carbocycles. The van der Waals surface area contributed by atoms with Crippen LogP contribution < -0.4 is 0 Å². The van der Waals surface area contributed by atoms with Crippen LogP contribution in [0, 0.1) is 5.82 Å². The van der Waals surface area contributed by atoms with Crippen molar-refractivity contribution in [3.05, 3.63) is 87.4 Å². The van der Waals surface area contributed by atoms with E-state index in [9.17, 15) is 17.6 Å². The molecule has 5 rings (SSSR count). The highest BCUT2D eigenvalue weighted by Crippen LogP contribution is 2.38. The molecule has 0 spiro atoms. The third kappa shape index (κ3) is 4.10. The van der Waals surface area contributed by atoms with Crippen molar-refractivity contribution in [2.24, 2.45) is 0 Å². The summed E-state index contributed by atoms with van der Waals surface area (Å²) in [5.41, 5.74) is 1.73. The highest BCUT2D eigenvalue weighted by Gasteiger charge is 2.35. The second kappa shape index (κ2) is 8.98. The molecule has 2 aromatic carbocycles. The minimum atomic E-state index is -3.85. The summed E-state index contributed by atoms with van der Waals surface area (Å²) in [4.78, 5) is 16.4. The molecule has 1 unspecified atom stereocenters. The minimum absolute atomic E-state index is 0.0846. The Kier molecular flexibility index (Phi) is 6.05. The molecular weight excluding hydrogens is 463 g/mol. The number of fused-ring (bicyclic) bond motifs is 1. The van der Waals surface area contributed by atoms with Crippen molar-refractivity contribution < 1.29 is 22.3 Å². The Labute approximate surface area is 196 Å². The number of hydrogen-bond donors (Lipinski definition) is 0. The summed E-state index contributed by atoms with van der Waals surface area (Å²) in [6, 6.07) is 14.8. The first-order valence-electron chi connectivity index (χ1n) is 10.8. The molecular formula is C24H23FN2O4S2. The van der Waals surface area contributed by atoms with Gasteiger partial charge in [-0.2, -0.15) is 4.31 Å². The molecule has 0 saturated carbocycles. The molecule has 1 aromatic heterocycles. The quantitative estimate of drug-likeness (QED) is 0.564. The molecule has 3 aromatic rings. The Morgan fingerprint density at radius 2 is 1.79 bits per heavy atom. The molecule has 1 fully saturated rings. The van der Waals surface area contributed by atoms with E-state index in [1.165, 1.54) is 21.3 Å². The molecule has 6 nitrogen and oxygen atoms in total. The molecule has 172 valence electrons. The number of sulfonamides is 1. The van der Waals surface area contributed by atoms with E-state index in [0.29, 0.717) is 26.2 Å². The summed E-state index contributed by atoms with van der Waals surface area (Å²) in [6.07, 6.45) is 0.676. The lowest BCUT2D eigenvalue weighted by Gasteiger charge is -2.36.